The number of aromatic nitrogens is 1. The van der Waals surface area contributed by atoms with E-state index in [0.717, 1.165) is 30.0 Å². The van der Waals surface area contributed by atoms with Gasteiger partial charge in [-0.25, -0.2) is 0 Å². The van der Waals surface area contributed by atoms with Crippen LogP contribution >= 0.6 is 11.6 Å². The number of hydrogen-bond donors (Lipinski definition) is 1. The predicted molar refractivity (Wildman–Crippen MR) is 73.3 cm³/mol. The van der Waals surface area contributed by atoms with Crippen LogP contribution < -0.4 is 10.5 Å². The van der Waals surface area contributed by atoms with E-state index in [1.54, 1.807) is 6.20 Å². The summed E-state index contributed by atoms with van der Waals surface area (Å²) in [5.41, 5.74) is 6.69. The highest BCUT2D eigenvalue weighted by atomic mass is 35.5. The first-order valence-corrected chi connectivity index (χ1v) is 6.18. The van der Waals surface area contributed by atoms with Crippen molar-refractivity contribution in [3.63, 3.8) is 0 Å². The average molecular weight is 263 g/mol. The molecule has 3 nitrogen and oxygen atoms in total. The number of rotatable bonds is 0. The zero-order valence-corrected chi connectivity index (χ0v) is 10.9. The minimum atomic E-state index is 0.700. The van der Waals surface area contributed by atoms with E-state index < -0.39 is 0 Å². The van der Waals surface area contributed by atoms with Gasteiger partial charge in [0.2, 0.25) is 0 Å². The fourth-order valence-corrected chi connectivity index (χ4v) is 2.07. The number of nitrogens with zero attached hydrogens (tertiary/aromatic N) is 1. The maximum atomic E-state index is 5.96. The summed E-state index contributed by atoms with van der Waals surface area (Å²) in [5.74, 6) is 1.68. The summed E-state index contributed by atoms with van der Waals surface area (Å²) in [4.78, 5) is 4.33. The number of hydrogen-bond acceptors (Lipinski definition) is 3. The first-order valence-electron chi connectivity index (χ1n) is 5.81. The zero-order valence-electron chi connectivity index (χ0n) is 10.2. The van der Waals surface area contributed by atoms with Crippen LogP contribution in [0.3, 0.4) is 0 Å². The Balaban J connectivity index is 0.000000574. The van der Waals surface area contributed by atoms with Crippen molar-refractivity contribution in [3.05, 3.63) is 52.8 Å². The Labute approximate surface area is 112 Å². The molecule has 1 aliphatic rings. The first kappa shape index (κ1) is 12.9. The van der Waals surface area contributed by atoms with Crippen LogP contribution in [0.1, 0.15) is 11.3 Å². The van der Waals surface area contributed by atoms with E-state index >= 15 is 0 Å². The Morgan fingerprint density at radius 1 is 1.17 bits per heavy atom. The van der Waals surface area contributed by atoms with Crippen molar-refractivity contribution in [2.75, 3.05) is 7.05 Å². The predicted octanol–water partition coefficient (Wildman–Crippen LogP) is 3.20. The van der Waals surface area contributed by atoms with Crippen molar-refractivity contribution >= 4 is 11.6 Å². The molecule has 18 heavy (non-hydrogen) atoms. The highest BCUT2D eigenvalue weighted by Crippen LogP contribution is 2.33. The quantitative estimate of drug-likeness (QED) is 0.793. The van der Waals surface area contributed by atoms with Crippen LogP contribution in [-0.2, 0) is 12.8 Å². The molecule has 0 amide bonds. The highest BCUT2D eigenvalue weighted by molar-refractivity contribution is 6.30. The normalized spacial score (nSPS) is 12.2. The van der Waals surface area contributed by atoms with Crippen LogP contribution in [0.15, 0.2) is 36.5 Å². The van der Waals surface area contributed by atoms with Crippen LogP contribution in [0.2, 0.25) is 5.02 Å². The number of ether oxygens (including phenoxy) is 1. The summed E-state index contributed by atoms with van der Waals surface area (Å²) in [6.07, 6.45) is 3.65. The molecule has 3 rings (SSSR count). The van der Waals surface area contributed by atoms with Gasteiger partial charge in [-0.3, -0.25) is 4.98 Å². The van der Waals surface area contributed by atoms with Gasteiger partial charge in [0.25, 0.3) is 0 Å². The van der Waals surface area contributed by atoms with Crippen molar-refractivity contribution in [3.8, 4) is 11.5 Å². The van der Waals surface area contributed by atoms with Gasteiger partial charge in [-0.05, 0) is 49.7 Å². The third-order valence-corrected chi connectivity index (χ3v) is 2.96. The fraction of sp³-hybridized carbons (Fsp3) is 0.214. The van der Waals surface area contributed by atoms with Crippen molar-refractivity contribution in [2.24, 2.45) is 5.73 Å². The second-order valence-corrected chi connectivity index (χ2v) is 4.24. The van der Waals surface area contributed by atoms with Gasteiger partial charge in [0.05, 0.1) is 5.69 Å². The van der Waals surface area contributed by atoms with E-state index in [1.165, 1.54) is 12.6 Å². The lowest BCUT2D eigenvalue weighted by atomic mass is 10.1. The molecule has 0 unspecified atom stereocenters. The second kappa shape index (κ2) is 5.85. The Hall–Kier alpha value is -1.58. The van der Waals surface area contributed by atoms with Gasteiger partial charge < -0.3 is 10.5 Å². The summed E-state index contributed by atoms with van der Waals surface area (Å²) >= 11 is 5.96. The molecule has 1 aromatic heterocycles. The molecule has 2 N–H and O–H groups in total. The zero-order chi connectivity index (χ0) is 13.0. The van der Waals surface area contributed by atoms with E-state index in [0.29, 0.717) is 5.02 Å². The lowest BCUT2D eigenvalue weighted by molar-refractivity contribution is 0.476. The minimum Gasteiger partial charge on any atom is -0.455 e. The van der Waals surface area contributed by atoms with Gasteiger partial charge >= 0.3 is 0 Å². The number of aryl methyl sites for hydroxylation is 2. The molecule has 0 radical (unpaired) electrons. The molecule has 0 saturated carbocycles. The first-order chi connectivity index (χ1) is 8.83. The topological polar surface area (TPSA) is 48.1 Å². The van der Waals surface area contributed by atoms with Crippen LogP contribution in [0.25, 0.3) is 0 Å². The van der Waals surface area contributed by atoms with Crippen molar-refractivity contribution in [1.29, 1.82) is 0 Å². The largest absolute Gasteiger partial charge is 0.455 e. The summed E-state index contributed by atoms with van der Waals surface area (Å²) in [5, 5.41) is 0.700. The molecule has 0 bridgehead atoms. The van der Waals surface area contributed by atoms with E-state index in [4.69, 9.17) is 16.3 Å². The smallest absolute Gasteiger partial charge is 0.148 e. The van der Waals surface area contributed by atoms with Gasteiger partial charge in [-0.1, -0.05) is 17.7 Å². The third kappa shape index (κ3) is 2.63. The molecule has 94 valence electrons. The maximum absolute atomic E-state index is 5.96. The van der Waals surface area contributed by atoms with Gasteiger partial charge in [0, 0.05) is 11.2 Å². The van der Waals surface area contributed by atoms with E-state index in [2.05, 4.69) is 10.7 Å². The second-order valence-electron chi connectivity index (χ2n) is 3.80. The maximum Gasteiger partial charge on any atom is 0.148 e. The summed E-state index contributed by atoms with van der Waals surface area (Å²) in [7, 11) is 1.50. The molecule has 0 aliphatic carbocycles. The monoisotopic (exact) mass is 262 g/mol. The molecule has 0 fully saturated rings. The molecular formula is C14H15ClN2O. The van der Waals surface area contributed by atoms with Gasteiger partial charge in [-0.2, -0.15) is 0 Å². The lowest BCUT2D eigenvalue weighted by Gasteiger charge is -2.07. The Bertz CT molecular complexity index is 543. The molecular weight excluding hydrogens is 248 g/mol. The minimum absolute atomic E-state index is 0.700. The summed E-state index contributed by atoms with van der Waals surface area (Å²) in [6, 6.07) is 9.60. The lowest BCUT2D eigenvalue weighted by Crippen LogP contribution is -1.91. The Kier molecular flexibility index (Phi) is 4.18. The van der Waals surface area contributed by atoms with Crippen molar-refractivity contribution in [2.45, 2.75) is 12.8 Å². The standard InChI is InChI=1S/C13H10ClNO.CH5N/c14-10-5-3-9-4-6-11-12(2-1-7-15-11)16-13(9)8-10;1-2/h1-3,5,7-8H,4,6H2;2H2,1H3. The fourth-order valence-electron chi connectivity index (χ4n) is 1.91. The number of pyridine rings is 1. The van der Waals surface area contributed by atoms with Crippen LogP contribution in [0.5, 0.6) is 11.5 Å². The van der Waals surface area contributed by atoms with Crippen molar-refractivity contribution in [1.82, 2.24) is 4.98 Å². The van der Waals surface area contributed by atoms with Crippen LogP contribution in [0.4, 0.5) is 0 Å². The number of fused-ring (bicyclic) bond motifs is 2. The van der Waals surface area contributed by atoms with Crippen LogP contribution in [0, 0.1) is 0 Å². The van der Waals surface area contributed by atoms with E-state index in [-0.39, 0.29) is 0 Å². The highest BCUT2D eigenvalue weighted by Gasteiger charge is 2.15. The Morgan fingerprint density at radius 3 is 2.83 bits per heavy atom. The number of benzene rings is 1. The summed E-state index contributed by atoms with van der Waals surface area (Å²) in [6.45, 7) is 0. The van der Waals surface area contributed by atoms with Gasteiger partial charge in [0.1, 0.15) is 11.5 Å². The molecule has 0 atom stereocenters. The van der Waals surface area contributed by atoms with E-state index in [1.807, 2.05) is 30.3 Å². The van der Waals surface area contributed by atoms with Crippen LogP contribution in [-0.4, -0.2) is 12.0 Å². The molecule has 2 aromatic rings. The molecule has 1 aliphatic heterocycles. The van der Waals surface area contributed by atoms with Gasteiger partial charge in [0.15, 0.2) is 0 Å². The molecule has 0 spiro atoms. The van der Waals surface area contributed by atoms with Crippen molar-refractivity contribution < 1.29 is 4.74 Å². The Morgan fingerprint density at radius 2 is 2.00 bits per heavy atom. The molecule has 0 saturated heterocycles. The average Bonchev–Trinajstić information content (AvgIpc) is 2.59. The van der Waals surface area contributed by atoms with E-state index in [9.17, 15) is 0 Å². The number of halogens is 1. The number of nitrogens with two attached hydrogens (primary N) is 1. The molecule has 4 heteroatoms. The SMILES string of the molecule is CN.Clc1ccc2c(c1)Oc1cccnc1CC2. The third-order valence-electron chi connectivity index (χ3n) is 2.73. The summed E-state index contributed by atoms with van der Waals surface area (Å²) < 4.78 is 5.84. The van der Waals surface area contributed by atoms with Gasteiger partial charge in [-0.15, -0.1) is 0 Å². The molecule has 1 aromatic carbocycles. The molecule has 2 heterocycles.